The number of nitrogens with one attached hydrogen (secondary N) is 1. The Morgan fingerprint density at radius 1 is 1.15 bits per heavy atom. The topological polar surface area (TPSA) is 147 Å². The zero-order chi connectivity index (χ0) is 27.1. The van der Waals surface area contributed by atoms with Crippen molar-refractivity contribution in [1.29, 1.82) is 0 Å². The molecule has 1 atom stereocenters. The van der Waals surface area contributed by atoms with E-state index in [-0.39, 0.29) is 11.7 Å². The summed E-state index contributed by atoms with van der Waals surface area (Å²) in [4.78, 5) is 36.4. The molecule has 0 aliphatic carbocycles. The fourth-order valence-electron chi connectivity index (χ4n) is 4.50. The van der Waals surface area contributed by atoms with Gasteiger partial charge in [-0.2, -0.15) is 5.10 Å². The summed E-state index contributed by atoms with van der Waals surface area (Å²) in [5.41, 5.74) is 2.00. The highest BCUT2D eigenvalue weighted by Gasteiger charge is 2.28. The third-order valence-corrected chi connectivity index (χ3v) is 6.59. The average molecular weight is 531 g/mol. The number of nitrogens with zero attached hydrogens (tertiary/aromatic N) is 9. The van der Waals surface area contributed by atoms with Crippen LogP contribution in [0.2, 0.25) is 0 Å². The highest BCUT2D eigenvalue weighted by atomic mass is 19.1. The van der Waals surface area contributed by atoms with Crippen LogP contribution in [0.5, 0.6) is 11.5 Å². The van der Waals surface area contributed by atoms with Crippen LogP contribution < -0.4 is 15.0 Å². The molecule has 1 aliphatic heterocycles. The minimum atomic E-state index is -0.952. The van der Waals surface area contributed by atoms with Crippen LogP contribution in [0.25, 0.3) is 16.7 Å². The molecule has 5 aromatic rings. The summed E-state index contributed by atoms with van der Waals surface area (Å²) < 4.78 is 23.0. The Balaban J connectivity index is 1.26. The minimum Gasteiger partial charge on any atom is -0.465 e. The van der Waals surface area contributed by atoms with Crippen LogP contribution in [-0.2, 0) is 0 Å². The van der Waals surface area contributed by atoms with Crippen molar-refractivity contribution in [3.05, 3.63) is 60.7 Å². The van der Waals surface area contributed by atoms with E-state index in [1.54, 1.807) is 48.1 Å². The fourth-order valence-corrected chi connectivity index (χ4v) is 4.50. The first kappa shape index (κ1) is 24.2. The molecule has 5 heterocycles. The number of anilines is 3. The Hall–Kier alpha value is -5.14. The van der Waals surface area contributed by atoms with E-state index in [1.165, 1.54) is 17.6 Å². The predicted molar refractivity (Wildman–Crippen MR) is 139 cm³/mol. The first-order valence-electron chi connectivity index (χ1n) is 12.1. The number of hydrogen-bond acceptors (Lipinski definition) is 10. The van der Waals surface area contributed by atoms with Crippen molar-refractivity contribution in [2.75, 3.05) is 29.9 Å². The Bertz CT molecular complexity index is 1710. The lowest BCUT2D eigenvalue weighted by Gasteiger charge is -2.38. The summed E-state index contributed by atoms with van der Waals surface area (Å²) in [6, 6.07) is 6.44. The number of piperazine rings is 1. The number of halogens is 1. The molecule has 14 heteroatoms. The van der Waals surface area contributed by atoms with Gasteiger partial charge in [0, 0.05) is 43.5 Å². The summed E-state index contributed by atoms with van der Waals surface area (Å²) in [5.74, 6) is 1.08. The Morgan fingerprint density at radius 3 is 2.85 bits per heavy atom. The van der Waals surface area contributed by atoms with Crippen LogP contribution in [0.1, 0.15) is 12.5 Å². The standard InChI is InChI=1S/C25H23FN10O3/c1-14-11-34(7-8-35(14)25(37)38)24-27-10-18-22(33-24)23(30-12-28-18)32-17-3-4-19(15(2)21(17)26)39-16-5-6-36-20(9-16)29-13-31-36/h3-6,9-10,12-14H,7-8,11H2,1-2H3,(H,37,38)(H,28,30,32)/t14-/m1/s1. The Labute approximate surface area is 220 Å². The Morgan fingerprint density at radius 2 is 2.03 bits per heavy atom. The monoisotopic (exact) mass is 530 g/mol. The number of aromatic nitrogens is 7. The lowest BCUT2D eigenvalue weighted by molar-refractivity contribution is 0.122. The number of carboxylic acid groups (broad SMARTS) is 1. The molecule has 1 aliphatic rings. The van der Waals surface area contributed by atoms with Gasteiger partial charge in [0.1, 0.15) is 35.2 Å². The molecule has 39 heavy (non-hydrogen) atoms. The van der Waals surface area contributed by atoms with E-state index in [9.17, 15) is 9.90 Å². The highest BCUT2D eigenvalue weighted by molar-refractivity contribution is 5.87. The summed E-state index contributed by atoms with van der Waals surface area (Å²) in [6.07, 6.45) is 5.12. The van der Waals surface area contributed by atoms with Crippen molar-refractivity contribution in [3.63, 3.8) is 0 Å². The lowest BCUT2D eigenvalue weighted by Crippen LogP contribution is -2.54. The van der Waals surface area contributed by atoms with Crippen molar-refractivity contribution >= 4 is 40.2 Å². The van der Waals surface area contributed by atoms with Crippen molar-refractivity contribution in [3.8, 4) is 11.5 Å². The van der Waals surface area contributed by atoms with E-state index in [4.69, 9.17) is 4.74 Å². The summed E-state index contributed by atoms with van der Waals surface area (Å²) in [7, 11) is 0. The molecular weight excluding hydrogens is 507 g/mol. The van der Waals surface area contributed by atoms with Crippen LogP contribution in [0, 0.1) is 12.7 Å². The molecule has 0 unspecified atom stereocenters. The quantitative estimate of drug-likeness (QED) is 0.343. The molecular formula is C25H23FN10O3. The normalized spacial score (nSPS) is 15.6. The van der Waals surface area contributed by atoms with E-state index in [0.29, 0.717) is 65.1 Å². The lowest BCUT2D eigenvalue weighted by atomic mass is 10.1. The maximum atomic E-state index is 15.5. The number of rotatable bonds is 5. The van der Waals surface area contributed by atoms with Crippen LogP contribution in [0.4, 0.5) is 26.6 Å². The molecule has 1 amide bonds. The first-order chi connectivity index (χ1) is 18.9. The van der Waals surface area contributed by atoms with Gasteiger partial charge in [0.05, 0.1) is 11.9 Å². The van der Waals surface area contributed by atoms with Gasteiger partial charge in [0.15, 0.2) is 17.3 Å². The molecule has 1 aromatic carbocycles. The minimum absolute atomic E-state index is 0.191. The Kier molecular flexibility index (Phi) is 5.98. The van der Waals surface area contributed by atoms with Gasteiger partial charge in [-0.25, -0.2) is 38.6 Å². The second-order valence-corrected chi connectivity index (χ2v) is 9.10. The summed E-state index contributed by atoms with van der Waals surface area (Å²) in [5, 5.41) is 16.4. The number of hydrogen-bond donors (Lipinski definition) is 2. The van der Waals surface area contributed by atoms with Crippen molar-refractivity contribution in [2.45, 2.75) is 19.9 Å². The molecule has 2 N–H and O–H groups in total. The van der Waals surface area contributed by atoms with Crippen LogP contribution in [0.15, 0.2) is 49.3 Å². The fraction of sp³-hybridized carbons (Fsp3) is 0.240. The summed E-state index contributed by atoms with van der Waals surface area (Å²) >= 11 is 0. The maximum absolute atomic E-state index is 15.5. The van der Waals surface area contributed by atoms with Gasteiger partial charge in [0.2, 0.25) is 5.95 Å². The van der Waals surface area contributed by atoms with Crippen LogP contribution in [0.3, 0.4) is 0 Å². The largest absolute Gasteiger partial charge is 0.465 e. The number of ether oxygens (including phenoxy) is 1. The zero-order valence-electron chi connectivity index (χ0n) is 21.0. The summed E-state index contributed by atoms with van der Waals surface area (Å²) in [6.45, 7) is 4.68. The third kappa shape index (κ3) is 4.56. The van der Waals surface area contributed by atoms with Gasteiger partial charge < -0.3 is 25.0 Å². The van der Waals surface area contributed by atoms with Gasteiger partial charge in [-0.1, -0.05) is 0 Å². The number of amides is 1. The second kappa shape index (κ2) is 9.63. The number of pyridine rings is 1. The van der Waals surface area contributed by atoms with Gasteiger partial charge in [-0.3, -0.25) is 0 Å². The number of benzene rings is 1. The molecule has 0 spiro atoms. The first-order valence-corrected chi connectivity index (χ1v) is 12.1. The maximum Gasteiger partial charge on any atom is 0.407 e. The van der Waals surface area contributed by atoms with E-state index in [1.807, 2.05) is 11.8 Å². The molecule has 1 fully saturated rings. The van der Waals surface area contributed by atoms with Gasteiger partial charge in [-0.05, 0) is 32.0 Å². The molecule has 198 valence electrons. The zero-order valence-corrected chi connectivity index (χ0v) is 21.0. The van der Waals surface area contributed by atoms with E-state index in [0.717, 1.165) is 0 Å². The van der Waals surface area contributed by atoms with Gasteiger partial charge in [0.25, 0.3) is 0 Å². The molecule has 13 nitrogen and oxygen atoms in total. The van der Waals surface area contributed by atoms with E-state index < -0.39 is 11.9 Å². The third-order valence-electron chi connectivity index (χ3n) is 6.59. The number of carbonyl (C=O) groups is 1. The smallest absolute Gasteiger partial charge is 0.407 e. The van der Waals surface area contributed by atoms with E-state index in [2.05, 4.69) is 35.3 Å². The van der Waals surface area contributed by atoms with Crippen LogP contribution in [-0.4, -0.2) is 76.3 Å². The van der Waals surface area contributed by atoms with Crippen LogP contribution >= 0.6 is 0 Å². The van der Waals surface area contributed by atoms with Crippen molar-refractivity contribution in [2.24, 2.45) is 0 Å². The number of fused-ring (bicyclic) bond motifs is 2. The molecule has 0 radical (unpaired) electrons. The van der Waals surface area contributed by atoms with Gasteiger partial charge >= 0.3 is 6.09 Å². The molecule has 0 bridgehead atoms. The molecule has 4 aromatic heterocycles. The van der Waals surface area contributed by atoms with E-state index >= 15 is 4.39 Å². The molecule has 1 saturated heterocycles. The molecule has 6 rings (SSSR count). The predicted octanol–water partition coefficient (Wildman–Crippen LogP) is 3.63. The second-order valence-electron chi connectivity index (χ2n) is 9.10. The van der Waals surface area contributed by atoms with Crippen molar-refractivity contribution < 1.29 is 19.0 Å². The average Bonchev–Trinajstić information content (AvgIpc) is 3.40. The van der Waals surface area contributed by atoms with Gasteiger partial charge in [-0.15, -0.1) is 0 Å². The van der Waals surface area contributed by atoms with Crippen molar-refractivity contribution in [1.82, 2.24) is 39.4 Å². The highest BCUT2D eigenvalue weighted by Crippen LogP contribution is 2.33. The molecule has 0 saturated carbocycles. The SMILES string of the molecule is Cc1c(Oc2ccn3ncnc3c2)ccc(Nc2ncnc3cnc(N4CCN(C(=O)O)[C@H](C)C4)nc23)c1F.